The van der Waals surface area contributed by atoms with Crippen LogP contribution in [0.2, 0.25) is 0 Å². The van der Waals surface area contributed by atoms with Gasteiger partial charge in [0.2, 0.25) is 0 Å². The van der Waals surface area contributed by atoms with Crippen molar-refractivity contribution in [2.75, 3.05) is 11.9 Å². The van der Waals surface area contributed by atoms with Gasteiger partial charge < -0.3 is 14.8 Å². The highest BCUT2D eigenvalue weighted by atomic mass is 16.5. The van der Waals surface area contributed by atoms with E-state index in [2.05, 4.69) is 31.3 Å². The monoisotopic (exact) mass is 454 g/mol. The molecule has 0 atom stereocenters. The smallest absolute Gasteiger partial charge is 0.266 e. The lowest BCUT2D eigenvalue weighted by atomic mass is 10.1. The van der Waals surface area contributed by atoms with Crippen molar-refractivity contribution < 1.29 is 14.3 Å². The Morgan fingerprint density at radius 1 is 0.941 bits per heavy atom. The number of nitriles is 1. The maximum absolute atomic E-state index is 12.7. The molecule has 0 aliphatic rings. The largest absolute Gasteiger partial charge is 0.490 e. The van der Waals surface area contributed by atoms with Crippen LogP contribution in [0.5, 0.6) is 11.5 Å². The normalized spacial score (nSPS) is 11.0. The maximum Gasteiger partial charge on any atom is 0.266 e. The number of rotatable bonds is 8. The Balaban J connectivity index is 1.80. The van der Waals surface area contributed by atoms with Gasteiger partial charge in [-0.05, 0) is 92.3 Å². The first-order chi connectivity index (χ1) is 16.3. The van der Waals surface area contributed by atoms with Gasteiger partial charge in [0.15, 0.2) is 11.5 Å². The number of aryl methyl sites for hydroxylation is 3. The topological polar surface area (TPSA) is 71.3 Å². The van der Waals surface area contributed by atoms with E-state index in [1.807, 2.05) is 51.1 Å². The van der Waals surface area contributed by atoms with Crippen LogP contribution in [0.3, 0.4) is 0 Å². The molecular weight excluding hydrogens is 424 g/mol. The maximum atomic E-state index is 12.7. The first-order valence-corrected chi connectivity index (χ1v) is 11.3. The van der Waals surface area contributed by atoms with Gasteiger partial charge in [-0.15, -0.1) is 0 Å². The predicted molar refractivity (Wildman–Crippen MR) is 136 cm³/mol. The van der Waals surface area contributed by atoms with Crippen LogP contribution in [-0.4, -0.2) is 12.5 Å². The van der Waals surface area contributed by atoms with Crippen LogP contribution >= 0.6 is 0 Å². The van der Waals surface area contributed by atoms with Crippen molar-refractivity contribution in [1.82, 2.24) is 0 Å². The van der Waals surface area contributed by atoms with E-state index in [1.54, 1.807) is 24.3 Å². The van der Waals surface area contributed by atoms with Crippen LogP contribution in [0.4, 0.5) is 5.69 Å². The molecule has 5 heteroatoms. The van der Waals surface area contributed by atoms with Crippen LogP contribution in [0, 0.1) is 39.0 Å². The number of carbonyl (C=O) groups is 1. The van der Waals surface area contributed by atoms with E-state index in [9.17, 15) is 10.1 Å². The first kappa shape index (κ1) is 24.6. The molecule has 3 aromatic rings. The lowest BCUT2D eigenvalue weighted by Gasteiger charge is -2.14. The van der Waals surface area contributed by atoms with Crippen LogP contribution in [0.25, 0.3) is 6.08 Å². The second-order valence-electron chi connectivity index (χ2n) is 8.22. The first-order valence-electron chi connectivity index (χ1n) is 11.3. The van der Waals surface area contributed by atoms with Crippen LogP contribution in [0.15, 0.2) is 60.2 Å². The van der Waals surface area contributed by atoms with Crippen molar-refractivity contribution in [2.45, 2.75) is 41.2 Å². The molecule has 0 radical (unpaired) electrons. The zero-order valence-corrected chi connectivity index (χ0v) is 20.4. The van der Waals surface area contributed by atoms with E-state index in [0.717, 1.165) is 16.7 Å². The zero-order valence-electron chi connectivity index (χ0n) is 20.4. The highest BCUT2D eigenvalue weighted by molar-refractivity contribution is 6.10. The van der Waals surface area contributed by atoms with Crippen molar-refractivity contribution in [3.05, 3.63) is 93.6 Å². The predicted octanol–water partition coefficient (Wildman–Crippen LogP) is 6.44. The van der Waals surface area contributed by atoms with Crippen molar-refractivity contribution in [1.29, 1.82) is 5.26 Å². The SMILES string of the molecule is CCOc1cc(/C=C(\C#N)C(=O)Nc2cccc(C)c2C)ccc1OCc1ccc(C)c(C)c1. The van der Waals surface area contributed by atoms with Crippen LogP contribution in [0.1, 0.15) is 40.3 Å². The molecule has 34 heavy (non-hydrogen) atoms. The second-order valence-corrected chi connectivity index (χ2v) is 8.22. The number of amides is 1. The fourth-order valence-corrected chi connectivity index (χ4v) is 3.45. The Kier molecular flexibility index (Phi) is 8.10. The minimum absolute atomic E-state index is 0.00662. The summed E-state index contributed by atoms with van der Waals surface area (Å²) in [6, 6.07) is 19.3. The third-order valence-corrected chi connectivity index (χ3v) is 5.76. The molecule has 0 aliphatic heterocycles. The highest BCUT2D eigenvalue weighted by Gasteiger charge is 2.13. The lowest BCUT2D eigenvalue weighted by molar-refractivity contribution is -0.112. The molecule has 0 bridgehead atoms. The van der Waals surface area contributed by atoms with Crippen molar-refractivity contribution >= 4 is 17.7 Å². The second kappa shape index (κ2) is 11.2. The van der Waals surface area contributed by atoms with Gasteiger partial charge in [0.1, 0.15) is 18.2 Å². The Morgan fingerprint density at radius 2 is 1.74 bits per heavy atom. The summed E-state index contributed by atoms with van der Waals surface area (Å²) in [4.78, 5) is 12.7. The van der Waals surface area contributed by atoms with E-state index in [0.29, 0.717) is 36.0 Å². The number of nitrogens with one attached hydrogen (secondary N) is 1. The summed E-state index contributed by atoms with van der Waals surface area (Å²) in [5, 5.41) is 12.4. The van der Waals surface area contributed by atoms with Gasteiger partial charge in [-0.25, -0.2) is 0 Å². The molecule has 0 saturated carbocycles. The summed E-state index contributed by atoms with van der Waals surface area (Å²) in [5.41, 5.74) is 6.94. The molecule has 174 valence electrons. The molecule has 3 aromatic carbocycles. The van der Waals surface area contributed by atoms with Gasteiger partial charge in [-0.3, -0.25) is 4.79 Å². The lowest BCUT2D eigenvalue weighted by Crippen LogP contribution is -2.14. The quantitative estimate of drug-likeness (QED) is 0.314. The standard InChI is InChI=1S/C29H30N2O3/c1-6-33-28-16-23(12-13-27(28)34-18-24-11-10-19(2)21(4)14-24)15-25(17-30)29(32)31-26-9-7-8-20(3)22(26)5/h7-16H,6,18H2,1-5H3,(H,31,32)/b25-15+. The van der Waals surface area contributed by atoms with Crippen LogP contribution < -0.4 is 14.8 Å². The summed E-state index contributed by atoms with van der Waals surface area (Å²) >= 11 is 0. The van der Waals surface area contributed by atoms with Gasteiger partial charge in [0.05, 0.1) is 6.61 Å². The summed E-state index contributed by atoms with van der Waals surface area (Å²) in [6.45, 7) is 10.8. The van der Waals surface area contributed by atoms with Gasteiger partial charge in [-0.1, -0.05) is 36.4 Å². The summed E-state index contributed by atoms with van der Waals surface area (Å²) in [5.74, 6) is 0.715. The molecule has 0 spiro atoms. The van der Waals surface area contributed by atoms with Gasteiger partial charge in [-0.2, -0.15) is 5.26 Å². The molecule has 5 nitrogen and oxygen atoms in total. The zero-order chi connectivity index (χ0) is 24.7. The van der Waals surface area contributed by atoms with Gasteiger partial charge in [0, 0.05) is 5.69 Å². The average molecular weight is 455 g/mol. The summed E-state index contributed by atoms with van der Waals surface area (Å²) in [6.07, 6.45) is 1.55. The third-order valence-electron chi connectivity index (χ3n) is 5.76. The van der Waals surface area contributed by atoms with Gasteiger partial charge >= 0.3 is 0 Å². The van der Waals surface area contributed by atoms with Crippen molar-refractivity contribution in [3.8, 4) is 17.6 Å². The minimum Gasteiger partial charge on any atom is -0.490 e. The van der Waals surface area contributed by atoms with Crippen molar-refractivity contribution in [3.63, 3.8) is 0 Å². The van der Waals surface area contributed by atoms with E-state index in [-0.39, 0.29) is 5.57 Å². The molecule has 0 unspecified atom stereocenters. The number of hydrogen-bond donors (Lipinski definition) is 1. The minimum atomic E-state index is -0.454. The molecule has 0 aliphatic carbocycles. The van der Waals surface area contributed by atoms with Crippen molar-refractivity contribution in [2.24, 2.45) is 0 Å². The summed E-state index contributed by atoms with van der Waals surface area (Å²) < 4.78 is 11.8. The highest BCUT2D eigenvalue weighted by Crippen LogP contribution is 2.30. The van der Waals surface area contributed by atoms with E-state index < -0.39 is 5.91 Å². The molecule has 3 rings (SSSR count). The number of carbonyl (C=O) groups excluding carboxylic acids is 1. The Bertz CT molecular complexity index is 1270. The number of nitrogens with zero attached hydrogens (tertiary/aromatic N) is 1. The van der Waals surface area contributed by atoms with E-state index >= 15 is 0 Å². The average Bonchev–Trinajstić information content (AvgIpc) is 2.82. The third kappa shape index (κ3) is 6.05. The molecule has 0 heterocycles. The number of ether oxygens (including phenoxy) is 2. The molecule has 0 aromatic heterocycles. The number of benzene rings is 3. The molecule has 0 saturated heterocycles. The fourth-order valence-electron chi connectivity index (χ4n) is 3.45. The number of anilines is 1. The van der Waals surface area contributed by atoms with Gasteiger partial charge in [0.25, 0.3) is 5.91 Å². The van der Waals surface area contributed by atoms with E-state index in [1.165, 1.54) is 11.1 Å². The fraction of sp³-hybridized carbons (Fsp3) is 0.241. The molecular formula is C29H30N2O3. The molecule has 0 fully saturated rings. The Morgan fingerprint density at radius 3 is 2.44 bits per heavy atom. The molecule has 1 N–H and O–H groups in total. The van der Waals surface area contributed by atoms with Crippen LogP contribution in [-0.2, 0) is 11.4 Å². The summed E-state index contributed by atoms with van der Waals surface area (Å²) in [7, 11) is 0. The number of hydrogen-bond acceptors (Lipinski definition) is 4. The van der Waals surface area contributed by atoms with E-state index in [4.69, 9.17) is 9.47 Å². The Hall–Kier alpha value is -4.04. The Labute approximate surface area is 201 Å². The molecule has 1 amide bonds.